The van der Waals surface area contributed by atoms with Crippen molar-refractivity contribution in [3.8, 4) is 11.3 Å². The Hall–Kier alpha value is -2.56. The molecule has 0 aliphatic heterocycles. The number of carbonyl (C=O) groups is 2. The number of furan rings is 1. The first kappa shape index (κ1) is 12.9. The van der Waals surface area contributed by atoms with Gasteiger partial charge in [-0.05, 0) is 0 Å². The highest BCUT2D eigenvalue weighted by atomic mass is 16.5. The summed E-state index contributed by atoms with van der Waals surface area (Å²) in [7, 11) is 2.48. The number of rotatable bonds is 3. The van der Waals surface area contributed by atoms with Crippen LogP contribution in [0.5, 0.6) is 0 Å². The smallest absolute Gasteiger partial charge is 0.342 e. The van der Waals surface area contributed by atoms with Crippen molar-refractivity contribution in [2.75, 3.05) is 14.2 Å². The summed E-state index contributed by atoms with van der Waals surface area (Å²) in [6.07, 6.45) is 1.19. The predicted molar refractivity (Wildman–Crippen MR) is 66.8 cm³/mol. The molecule has 0 bridgehead atoms. The van der Waals surface area contributed by atoms with E-state index in [1.165, 1.54) is 20.5 Å². The van der Waals surface area contributed by atoms with Crippen molar-refractivity contribution >= 4 is 11.9 Å². The van der Waals surface area contributed by atoms with Gasteiger partial charge in [0, 0.05) is 5.56 Å². The van der Waals surface area contributed by atoms with Crippen LogP contribution in [0.1, 0.15) is 20.7 Å². The minimum atomic E-state index is -0.647. The monoisotopic (exact) mass is 260 g/mol. The molecular weight excluding hydrogens is 248 g/mol. The van der Waals surface area contributed by atoms with Crippen LogP contribution in [0.15, 0.2) is 41.0 Å². The highest BCUT2D eigenvalue weighted by Crippen LogP contribution is 2.29. The van der Waals surface area contributed by atoms with E-state index < -0.39 is 11.9 Å². The molecular formula is C14H12O5. The van der Waals surface area contributed by atoms with Crippen molar-refractivity contribution in [2.24, 2.45) is 0 Å². The molecule has 0 saturated heterocycles. The molecule has 1 heterocycles. The SMILES string of the molecule is COC(=O)c1coc(-c2ccccc2)c1C(=O)OC. The molecule has 5 nitrogen and oxygen atoms in total. The second kappa shape index (κ2) is 5.39. The Labute approximate surface area is 109 Å². The van der Waals surface area contributed by atoms with Crippen molar-refractivity contribution in [3.05, 3.63) is 47.7 Å². The van der Waals surface area contributed by atoms with Gasteiger partial charge in [-0.15, -0.1) is 0 Å². The van der Waals surface area contributed by atoms with Crippen LogP contribution in [0.3, 0.4) is 0 Å². The second-order valence-electron chi connectivity index (χ2n) is 3.70. The van der Waals surface area contributed by atoms with Gasteiger partial charge in [-0.1, -0.05) is 30.3 Å². The molecule has 5 heteroatoms. The summed E-state index contributed by atoms with van der Waals surface area (Å²) in [5.74, 6) is -1.01. The number of hydrogen-bond acceptors (Lipinski definition) is 5. The van der Waals surface area contributed by atoms with Crippen LogP contribution in [-0.4, -0.2) is 26.2 Å². The maximum absolute atomic E-state index is 11.8. The number of benzene rings is 1. The molecule has 0 saturated carbocycles. The van der Waals surface area contributed by atoms with Gasteiger partial charge < -0.3 is 13.9 Å². The fourth-order valence-electron chi connectivity index (χ4n) is 1.72. The molecule has 0 amide bonds. The third-order valence-corrected chi connectivity index (χ3v) is 2.62. The summed E-state index contributed by atoms with van der Waals surface area (Å²) in [4.78, 5) is 23.4. The van der Waals surface area contributed by atoms with E-state index in [1.807, 2.05) is 6.07 Å². The lowest BCUT2D eigenvalue weighted by molar-refractivity contribution is 0.0557. The fourth-order valence-corrected chi connectivity index (χ4v) is 1.72. The van der Waals surface area contributed by atoms with Crippen LogP contribution in [0.2, 0.25) is 0 Å². The van der Waals surface area contributed by atoms with Crippen molar-refractivity contribution < 1.29 is 23.5 Å². The summed E-state index contributed by atoms with van der Waals surface area (Å²) in [6, 6.07) is 8.98. The largest absolute Gasteiger partial charge is 0.465 e. The Balaban J connectivity index is 2.60. The molecule has 2 aromatic rings. The molecule has 98 valence electrons. The molecule has 0 unspecified atom stereocenters. The van der Waals surface area contributed by atoms with Gasteiger partial charge in [-0.3, -0.25) is 0 Å². The molecule has 0 radical (unpaired) electrons. The van der Waals surface area contributed by atoms with Gasteiger partial charge in [0.2, 0.25) is 0 Å². The van der Waals surface area contributed by atoms with Gasteiger partial charge in [-0.2, -0.15) is 0 Å². The average molecular weight is 260 g/mol. The Kier molecular flexibility index (Phi) is 3.66. The van der Waals surface area contributed by atoms with Crippen molar-refractivity contribution in [1.82, 2.24) is 0 Å². The Bertz CT molecular complexity index is 598. The maximum atomic E-state index is 11.8. The van der Waals surface area contributed by atoms with Crippen LogP contribution >= 0.6 is 0 Å². The normalized spacial score (nSPS) is 10.0. The zero-order valence-corrected chi connectivity index (χ0v) is 10.5. The molecule has 19 heavy (non-hydrogen) atoms. The first-order valence-electron chi connectivity index (χ1n) is 5.52. The quantitative estimate of drug-likeness (QED) is 0.793. The summed E-state index contributed by atoms with van der Waals surface area (Å²) < 4.78 is 14.6. The van der Waals surface area contributed by atoms with E-state index >= 15 is 0 Å². The zero-order valence-electron chi connectivity index (χ0n) is 10.5. The predicted octanol–water partition coefficient (Wildman–Crippen LogP) is 2.52. The van der Waals surface area contributed by atoms with E-state index in [9.17, 15) is 9.59 Å². The van der Waals surface area contributed by atoms with E-state index in [0.717, 1.165) is 0 Å². The molecule has 0 aliphatic rings. The van der Waals surface area contributed by atoms with Gasteiger partial charge in [0.15, 0.2) is 0 Å². The molecule has 0 N–H and O–H groups in total. The lowest BCUT2D eigenvalue weighted by Crippen LogP contribution is -2.10. The second-order valence-corrected chi connectivity index (χ2v) is 3.70. The summed E-state index contributed by atoms with van der Waals surface area (Å²) in [5.41, 5.74) is 0.798. The van der Waals surface area contributed by atoms with E-state index in [4.69, 9.17) is 4.42 Å². The highest BCUT2D eigenvalue weighted by Gasteiger charge is 2.27. The minimum Gasteiger partial charge on any atom is -0.465 e. The van der Waals surface area contributed by atoms with Gasteiger partial charge in [0.05, 0.1) is 14.2 Å². The van der Waals surface area contributed by atoms with E-state index in [1.54, 1.807) is 24.3 Å². The first-order chi connectivity index (χ1) is 9.19. The summed E-state index contributed by atoms with van der Waals surface area (Å²) >= 11 is 0. The number of methoxy groups -OCH3 is 2. The molecule has 0 fully saturated rings. The average Bonchev–Trinajstić information content (AvgIpc) is 2.91. The Morgan fingerprint density at radius 1 is 1.00 bits per heavy atom. The fraction of sp³-hybridized carbons (Fsp3) is 0.143. The minimum absolute atomic E-state index is 0.0493. The van der Waals surface area contributed by atoms with Gasteiger partial charge in [0.25, 0.3) is 0 Å². The lowest BCUT2D eigenvalue weighted by atomic mass is 10.1. The number of hydrogen-bond donors (Lipinski definition) is 0. The Morgan fingerprint density at radius 3 is 2.21 bits per heavy atom. The standard InChI is InChI=1S/C14H12O5/c1-17-13(15)10-8-19-12(11(10)14(16)18-2)9-6-4-3-5-7-9/h3-8H,1-2H3. The van der Waals surface area contributed by atoms with Crippen molar-refractivity contribution in [1.29, 1.82) is 0 Å². The van der Waals surface area contributed by atoms with Crippen LogP contribution in [-0.2, 0) is 9.47 Å². The highest BCUT2D eigenvalue weighted by molar-refractivity contribution is 6.06. The third kappa shape index (κ3) is 2.35. The first-order valence-corrected chi connectivity index (χ1v) is 5.52. The van der Waals surface area contributed by atoms with Gasteiger partial charge >= 0.3 is 11.9 Å². The van der Waals surface area contributed by atoms with E-state index in [-0.39, 0.29) is 16.9 Å². The van der Waals surface area contributed by atoms with Crippen molar-refractivity contribution in [3.63, 3.8) is 0 Å². The Morgan fingerprint density at radius 2 is 1.63 bits per heavy atom. The molecule has 0 spiro atoms. The topological polar surface area (TPSA) is 65.7 Å². The molecule has 1 aromatic heterocycles. The zero-order chi connectivity index (χ0) is 13.8. The van der Waals surface area contributed by atoms with Crippen LogP contribution < -0.4 is 0 Å². The number of ether oxygens (including phenoxy) is 2. The molecule has 1 aromatic carbocycles. The van der Waals surface area contributed by atoms with E-state index in [2.05, 4.69) is 9.47 Å². The van der Waals surface area contributed by atoms with Gasteiger partial charge in [-0.25, -0.2) is 9.59 Å². The van der Waals surface area contributed by atoms with E-state index in [0.29, 0.717) is 5.56 Å². The molecule has 0 atom stereocenters. The maximum Gasteiger partial charge on any atom is 0.342 e. The molecule has 2 rings (SSSR count). The number of esters is 2. The lowest BCUT2D eigenvalue weighted by Gasteiger charge is -2.03. The van der Waals surface area contributed by atoms with Crippen LogP contribution in [0.25, 0.3) is 11.3 Å². The third-order valence-electron chi connectivity index (χ3n) is 2.62. The van der Waals surface area contributed by atoms with Crippen molar-refractivity contribution in [2.45, 2.75) is 0 Å². The number of carbonyl (C=O) groups excluding carboxylic acids is 2. The molecule has 0 aliphatic carbocycles. The summed E-state index contributed by atoms with van der Waals surface area (Å²) in [5, 5.41) is 0. The summed E-state index contributed by atoms with van der Waals surface area (Å²) in [6.45, 7) is 0. The van der Waals surface area contributed by atoms with Crippen LogP contribution in [0.4, 0.5) is 0 Å². The van der Waals surface area contributed by atoms with Gasteiger partial charge in [0.1, 0.15) is 23.2 Å². The van der Waals surface area contributed by atoms with Crippen LogP contribution in [0, 0.1) is 0 Å².